The quantitative estimate of drug-likeness (QED) is 0.583. The number of carbonyl (C=O) groups excluding carboxylic acids is 1. The summed E-state index contributed by atoms with van der Waals surface area (Å²) in [5.41, 5.74) is 6.77. The first-order valence-electron chi connectivity index (χ1n) is 6.35. The van der Waals surface area contributed by atoms with E-state index in [1.807, 2.05) is 0 Å². The van der Waals surface area contributed by atoms with Crippen molar-refractivity contribution in [1.29, 1.82) is 0 Å². The van der Waals surface area contributed by atoms with Gasteiger partial charge in [0.15, 0.2) is 0 Å². The van der Waals surface area contributed by atoms with Crippen molar-refractivity contribution in [2.24, 2.45) is 11.7 Å². The van der Waals surface area contributed by atoms with E-state index in [2.05, 4.69) is 15.3 Å². The number of imidazole rings is 1. The van der Waals surface area contributed by atoms with Crippen molar-refractivity contribution in [2.75, 3.05) is 6.54 Å². The molecular formula is C12H20N4O2. The van der Waals surface area contributed by atoms with Crippen molar-refractivity contribution >= 4 is 5.91 Å². The van der Waals surface area contributed by atoms with Gasteiger partial charge in [-0.25, -0.2) is 4.98 Å². The molecule has 0 bridgehead atoms. The summed E-state index contributed by atoms with van der Waals surface area (Å²) in [5.74, 6) is -0.0259. The average molecular weight is 252 g/mol. The van der Waals surface area contributed by atoms with E-state index in [0.29, 0.717) is 25.8 Å². The third-order valence-electron chi connectivity index (χ3n) is 3.48. The lowest BCUT2D eigenvalue weighted by Crippen LogP contribution is -2.45. The molecule has 1 fully saturated rings. The van der Waals surface area contributed by atoms with Gasteiger partial charge in [0, 0.05) is 36.8 Å². The first-order valence-corrected chi connectivity index (χ1v) is 6.35. The summed E-state index contributed by atoms with van der Waals surface area (Å²) in [7, 11) is 0. The Morgan fingerprint density at radius 1 is 1.61 bits per heavy atom. The zero-order valence-electron chi connectivity index (χ0n) is 10.3. The highest BCUT2D eigenvalue weighted by molar-refractivity contribution is 5.78. The Labute approximate surface area is 106 Å². The fourth-order valence-corrected chi connectivity index (χ4v) is 2.31. The first kappa shape index (κ1) is 13.0. The molecule has 1 aromatic heterocycles. The van der Waals surface area contributed by atoms with Crippen LogP contribution in [-0.2, 0) is 11.2 Å². The molecule has 0 saturated heterocycles. The Hall–Kier alpha value is -1.40. The van der Waals surface area contributed by atoms with Gasteiger partial charge in [0.05, 0.1) is 12.4 Å². The molecule has 0 radical (unpaired) electrons. The molecule has 1 amide bonds. The number of hydrogen-bond donors (Lipinski definition) is 4. The molecule has 0 aromatic carbocycles. The van der Waals surface area contributed by atoms with Crippen LogP contribution in [0.2, 0.25) is 0 Å². The second-order valence-corrected chi connectivity index (χ2v) is 4.86. The number of aliphatic hydroxyl groups is 1. The summed E-state index contributed by atoms with van der Waals surface area (Å²) in [6, 6.07) is -0.276. The summed E-state index contributed by atoms with van der Waals surface area (Å²) in [5, 5.41) is 12.4. The third kappa shape index (κ3) is 3.30. The van der Waals surface area contributed by atoms with E-state index in [1.165, 1.54) is 0 Å². The van der Waals surface area contributed by atoms with Crippen LogP contribution in [0.1, 0.15) is 25.0 Å². The van der Waals surface area contributed by atoms with Crippen LogP contribution in [0.25, 0.3) is 0 Å². The van der Waals surface area contributed by atoms with Gasteiger partial charge in [-0.3, -0.25) is 4.79 Å². The SMILES string of the molecule is N[C@@H]1C[C@@H](C(=O)NCCc2cnc[nH]2)CC[C@H]1O. The first-order chi connectivity index (χ1) is 8.66. The Balaban J connectivity index is 1.71. The Bertz CT molecular complexity index is 379. The number of aliphatic hydroxyl groups excluding tert-OH is 1. The monoisotopic (exact) mass is 252 g/mol. The molecule has 100 valence electrons. The van der Waals surface area contributed by atoms with Crippen LogP contribution < -0.4 is 11.1 Å². The van der Waals surface area contributed by atoms with Gasteiger partial charge in [0.1, 0.15) is 0 Å². The molecule has 1 saturated carbocycles. The Morgan fingerprint density at radius 3 is 3.11 bits per heavy atom. The van der Waals surface area contributed by atoms with Gasteiger partial charge in [0.2, 0.25) is 5.91 Å². The highest BCUT2D eigenvalue weighted by Gasteiger charge is 2.30. The highest BCUT2D eigenvalue weighted by Crippen LogP contribution is 2.23. The van der Waals surface area contributed by atoms with Crippen LogP contribution in [0, 0.1) is 5.92 Å². The maximum Gasteiger partial charge on any atom is 0.223 e. The van der Waals surface area contributed by atoms with E-state index in [4.69, 9.17) is 5.73 Å². The van der Waals surface area contributed by atoms with Crippen LogP contribution in [0.5, 0.6) is 0 Å². The van der Waals surface area contributed by atoms with Gasteiger partial charge in [-0.2, -0.15) is 0 Å². The summed E-state index contributed by atoms with van der Waals surface area (Å²) >= 11 is 0. The van der Waals surface area contributed by atoms with Crippen molar-refractivity contribution in [1.82, 2.24) is 15.3 Å². The van der Waals surface area contributed by atoms with Gasteiger partial charge >= 0.3 is 0 Å². The summed E-state index contributed by atoms with van der Waals surface area (Å²) in [6.45, 7) is 0.593. The van der Waals surface area contributed by atoms with Crippen LogP contribution in [0.4, 0.5) is 0 Å². The van der Waals surface area contributed by atoms with Crippen LogP contribution >= 0.6 is 0 Å². The summed E-state index contributed by atoms with van der Waals surface area (Å²) in [6.07, 6.45) is 5.55. The van der Waals surface area contributed by atoms with E-state index in [0.717, 1.165) is 12.1 Å². The molecule has 18 heavy (non-hydrogen) atoms. The molecule has 6 nitrogen and oxygen atoms in total. The van der Waals surface area contributed by atoms with E-state index in [-0.39, 0.29) is 17.9 Å². The molecule has 0 spiro atoms. The minimum atomic E-state index is -0.459. The standard InChI is InChI=1S/C12H20N4O2/c13-10-5-8(1-2-11(10)17)12(18)15-4-3-9-6-14-7-16-9/h6-8,10-11,17H,1-5,13H2,(H,14,16)(H,15,18)/t8-,10+,11+/m0/s1. The number of nitrogens with one attached hydrogen (secondary N) is 2. The number of aromatic nitrogens is 2. The van der Waals surface area contributed by atoms with E-state index < -0.39 is 6.10 Å². The molecule has 3 atom stereocenters. The molecule has 1 aromatic rings. The molecule has 0 aliphatic heterocycles. The fraction of sp³-hybridized carbons (Fsp3) is 0.667. The van der Waals surface area contributed by atoms with Crippen LogP contribution in [-0.4, -0.2) is 39.7 Å². The fourth-order valence-electron chi connectivity index (χ4n) is 2.31. The largest absolute Gasteiger partial charge is 0.392 e. The molecule has 6 heteroatoms. The predicted octanol–water partition coefficient (Wildman–Crippen LogP) is -0.443. The lowest BCUT2D eigenvalue weighted by molar-refractivity contribution is -0.126. The molecule has 5 N–H and O–H groups in total. The zero-order valence-corrected chi connectivity index (χ0v) is 10.3. The van der Waals surface area contributed by atoms with E-state index in [1.54, 1.807) is 12.5 Å². The summed E-state index contributed by atoms with van der Waals surface area (Å²) in [4.78, 5) is 18.8. The molecule has 1 heterocycles. The second kappa shape index (κ2) is 5.97. The maximum atomic E-state index is 11.9. The minimum absolute atomic E-state index is 0.0388. The smallest absolute Gasteiger partial charge is 0.223 e. The van der Waals surface area contributed by atoms with Gasteiger partial charge in [-0.15, -0.1) is 0 Å². The third-order valence-corrected chi connectivity index (χ3v) is 3.48. The molecule has 1 aliphatic carbocycles. The molecule has 0 unspecified atom stereocenters. The van der Waals surface area contributed by atoms with Crippen molar-refractivity contribution < 1.29 is 9.90 Å². The van der Waals surface area contributed by atoms with Crippen molar-refractivity contribution in [3.8, 4) is 0 Å². The number of nitrogens with zero attached hydrogens (tertiary/aromatic N) is 1. The lowest BCUT2D eigenvalue weighted by Gasteiger charge is -2.29. The Kier molecular flexibility index (Phi) is 4.33. The average Bonchev–Trinajstić information content (AvgIpc) is 2.85. The van der Waals surface area contributed by atoms with E-state index in [9.17, 15) is 9.90 Å². The van der Waals surface area contributed by atoms with Gasteiger partial charge < -0.3 is 21.1 Å². The van der Waals surface area contributed by atoms with Crippen molar-refractivity contribution in [3.63, 3.8) is 0 Å². The number of rotatable bonds is 4. The normalized spacial score (nSPS) is 28.0. The predicted molar refractivity (Wildman–Crippen MR) is 66.6 cm³/mol. The Morgan fingerprint density at radius 2 is 2.44 bits per heavy atom. The molecule has 2 rings (SSSR count). The van der Waals surface area contributed by atoms with Crippen LogP contribution in [0.3, 0.4) is 0 Å². The van der Waals surface area contributed by atoms with Crippen LogP contribution in [0.15, 0.2) is 12.5 Å². The highest BCUT2D eigenvalue weighted by atomic mass is 16.3. The van der Waals surface area contributed by atoms with Gasteiger partial charge in [0.25, 0.3) is 0 Å². The zero-order chi connectivity index (χ0) is 13.0. The topological polar surface area (TPSA) is 104 Å². The van der Waals surface area contributed by atoms with E-state index >= 15 is 0 Å². The second-order valence-electron chi connectivity index (χ2n) is 4.86. The number of amides is 1. The molecule has 1 aliphatic rings. The van der Waals surface area contributed by atoms with Crippen molar-refractivity contribution in [2.45, 2.75) is 37.8 Å². The molecular weight excluding hydrogens is 232 g/mol. The van der Waals surface area contributed by atoms with Crippen molar-refractivity contribution in [3.05, 3.63) is 18.2 Å². The summed E-state index contributed by atoms with van der Waals surface area (Å²) < 4.78 is 0. The number of aromatic amines is 1. The number of H-pyrrole nitrogens is 1. The maximum absolute atomic E-state index is 11.9. The number of carbonyl (C=O) groups is 1. The number of nitrogens with two attached hydrogens (primary N) is 1. The minimum Gasteiger partial charge on any atom is -0.392 e. The van der Waals surface area contributed by atoms with Gasteiger partial charge in [-0.05, 0) is 19.3 Å². The van der Waals surface area contributed by atoms with Gasteiger partial charge in [-0.1, -0.05) is 0 Å². The lowest BCUT2D eigenvalue weighted by atomic mass is 9.83. The number of hydrogen-bond acceptors (Lipinski definition) is 4.